The Hall–Kier alpha value is -0.530. The summed E-state index contributed by atoms with van der Waals surface area (Å²) in [4.78, 5) is 10.7. The highest BCUT2D eigenvalue weighted by Crippen LogP contribution is 2.31. The maximum Gasteiger partial charge on any atom is 0.302 e. The first kappa shape index (κ1) is 9.56. The van der Waals surface area contributed by atoms with Crippen molar-refractivity contribution >= 4 is 5.97 Å². The van der Waals surface area contributed by atoms with Gasteiger partial charge in [-0.15, -0.1) is 0 Å². The summed E-state index contributed by atoms with van der Waals surface area (Å²) >= 11 is 0. The lowest BCUT2D eigenvalue weighted by atomic mass is 10.0. The van der Waals surface area contributed by atoms with Gasteiger partial charge in [-0.05, 0) is 31.6 Å². The van der Waals surface area contributed by atoms with Gasteiger partial charge >= 0.3 is 5.97 Å². The van der Waals surface area contributed by atoms with Gasteiger partial charge in [-0.2, -0.15) is 0 Å². The van der Waals surface area contributed by atoms with Crippen LogP contribution in [-0.4, -0.2) is 12.1 Å². The molecular weight excluding hydrogens is 152 g/mol. The molecule has 12 heavy (non-hydrogen) atoms. The van der Waals surface area contributed by atoms with E-state index in [4.69, 9.17) is 4.74 Å². The highest BCUT2D eigenvalue weighted by Gasteiger charge is 2.28. The Morgan fingerprint density at radius 2 is 2.25 bits per heavy atom. The van der Waals surface area contributed by atoms with Gasteiger partial charge in [0.1, 0.15) is 6.10 Å². The van der Waals surface area contributed by atoms with Crippen LogP contribution in [0.1, 0.15) is 46.0 Å². The second kappa shape index (κ2) is 4.48. The van der Waals surface area contributed by atoms with E-state index in [9.17, 15) is 4.79 Å². The standard InChI is InChI=1S/C10H18O2/c1-3-5-9-6-4-7-10(9)12-8(2)11/h9-10H,3-7H2,1-2H3/t9-,10-/m1/s1. The lowest BCUT2D eigenvalue weighted by Gasteiger charge is -2.18. The normalized spacial score (nSPS) is 28.8. The van der Waals surface area contributed by atoms with Gasteiger partial charge in [0.25, 0.3) is 0 Å². The van der Waals surface area contributed by atoms with Crippen LogP contribution in [0.4, 0.5) is 0 Å². The highest BCUT2D eigenvalue weighted by atomic mass is 16.5. The molecule has 1 rings (SSSR count). The third kappa shape index (κ3) is 2.50. The first-order chi connectivity index (χ1) is 5.74. The summed E-state index contributed by atoms with van der Waals surface area (Å²) < 4.78 is 5.24. The SMILES string of the molecule is CCC[C@@H]1CCC[C@H]1OC(C)=O. The van der Waals surface area contributed by atoms with Crippen molar-refractivity contribution in [1.82, 2.24) is 0 Å². The molecule has 0 bridgehead atoms. The van der Waals surface area contributed by atoms with E-state index in [1.165, 1.54) is 32.6 Å². The molecular formula is C10H18O2. The van der Waals surface area contributed by atoms with Crippen LogP contribution in [0.5, 0.6) is 0 Å². The third-order valence-electron chi connectivity index (χ3n) is 2.57. The van der Waals surface area contributed by atoms with Crippen LogP contribution in [0.25, 0.3) is 0 Å². The van der Waals surface area contributed by atoms with E-state index < -0.39 is 0 Å². The number of ether oxygens (including phenoxy) is 1. The van der Waals surface area contributed by atoms with Crippen molar-refractivity contribution in [2.75, 3.05) is 0 Å². The smallest absolute Gasteiger partial charge is 0.302 e. The van der Waals surface area contributed by atoms with Crippen molar-refractivity contribution in [2.45, 2.75) is 52.1 Å². The number of rotatable bonds is 3. The van der Waals surface area contributed by atoms with Crippen LogP contribution in [0, 0.1) is 5.92 Å². The minimum atomic E-state index is -0.122. The molecule has 0 amide bonds. The fourth-order valence-electron chi connectivity index (χ4n) is 2.07. The molecule has 0 radical (unpaired) electrons. The van der Waals surface area contributed by atoms with Crippen molar-refractivity contribution in [3.63, 3.8) is 0 Å². The molecule has 1 saturated carbocycles. The summed E-state index contributed by atoms with van der Waals surface area (Å²) in [5.74, 6) is 0.516. The summed E-state index contributed by atoms with van der Waals surface area (Å²) in [6.45, 7) is 3.68. The first-order valence-electron chi connectivity index (χ1n) is 4.91. The predicted molar refractivity (Wildman–Crippen MR) is 47.8 cm³/mol. The quantitative estimate of drug-likeness (QED) is 0.608. The molecule has 1 aliphatic rings. The van der Waals surface area contributed by atoms with E-state index in [-0.39, 0.29) is 12.1 Å². The molecule has 0 aliphatic heterocycles. The topological polar surface area (TPSA) is 26.3 Å². The second-order valence-electron chi connectivity index (χ2n) is 3.63. The minimum Gasteiger partial charge on any atom is -0.462 e. The summed E-state index contributed by atoms with van der Waals surface area (Å²) in [6.07, 6.45) is 6.17. The van der Waals surface area contributed by atoms with Gasteiger partial charge in [0.05, 0.1) is 0 Å². The number of hydrogen-bond acceptors (Lipinski definition) is 2. The Morgan fingerprint density at radius 1 is 1.50 bits per heavy atom. The fraction of sp³-hybridized carbons (Fsp3) is 0.900. The number of hydrogen-bond donors (Lipinski definition) is 0. The zero-order chi connectivity index (χ0) is 8.97. The van der Waals surface area contributed by atoms with Crippen molar-refractivity contribution < 1.29 is 9.53 Å². The Kier molecular flexibility index (Phi) is 3.57. The van der Waals surface area contributed by atoms with Crippen LogP contribution in [0.2, 0.25) is 0 Å². The van der Waals surface area contributed by atoms with E-state index >= 15 is 0 Å². The fourth-order valence-corrected chi connectivity index (χ4v) is 2.07. The van der Waals surface area contributed by atoms with Gasteiger partial charge in [-0.1, -0.05) is 13.3 Å². The number of carbonyl (C=O) groups is 1. The number of esters is 1. The zero-order valence-corrected chi connectivity index (χ0v) is 8.01. The monoisotopic (exact) mass is 170 g/mol. The van der Waals surface area contributed by atoms with Gasteiger partial charge in [0.15, 0.2) is 0 Å². The molecule has 1 fully saturated rings. The maximum atomic E-state index is 10.7. The summed E-state index contributed by atoms with van der Waals surface area (Å²) in [5.41, 5.74) is 0. The van der Waals surface area contributed by atoms with Crippen molar-refractivity contribution in [3.8, 4) is 0 Å². The largest absolute Gasteiger partial charge is 0.462 e. The minimum absolute atomic E-state index is 0.122. The molecule has 0 aromatic heterocycles. The lowest BCUT2D eigenvalue weighted by molar-refractivity contribution is -0.148. The van der Waals surface area contributed by atoms with E-state index in [2.05, 4.69) is 6.92 Å². The van der Waals surface area contributed by atoms with Crippen LogP contribution < -0.4 is 0 Å². The van der Waals surface area contributed by atoms with Gasteiger partial charge in [-0.3, -0.25) is 4.79 Å². The van der Waals surface area contributed by atoms with Crippen molar-refractivity contribution in [2.24, 2.45) is 5.92 Å². The Bertz CT molecular complexity index is 154. The van der Waals surface area contributed by atoms with Gasteiger partial charge in [0, 0.05) is 6.92 Å². The third-order valence-corrected chi connectivity index (χ3v) is 2.57. The van der Waals surface area contributed by atoms with Crippen LogP contribution in [-0.2, 0) is 9.53 Å². The van der Waals surface area contributed by atoms with Crippen molar-refractivity contribution in [3.05, 3.63) is 0 Å². The molecule has 2 atom stereocenters. The van der Waals surface area contributed by atoms with Crippen molar-refractivity contribution in [1.29, 1.82) is 0 Å². The van der Waals surface area contributed by atoms with Gasteiger partial charge in [0.2, 0.25) is 0 Å². The molecule has 0 spiro atoms. The van der Waals surface area contributed by atoms with E-state index in [0.717, 1.165) is 6.42 Å². The van der Waals surface area contributed by atoms with Gasteiger partial charge < -0.3 is 4.74 Å². The molecule has 0 saturated heterocycles. The van der Waals surface area contributed by atoms with Gasteiger partial charge in [-0.25, -0.2) is 0 Å². The average molecular weight is 170 g/mol. The van der Waals surface area contributed by atoms with E-state index in [1.54, 1.807) is 0 Å². The molecule has 1 aliphatic carbocycles. The molecule has 0 aromatic rings. The molecule has 2 heteroatoms. The maximum absolute atomic E-state index is 10.7. The predicted octanol–water partition coefficient (Wildman–Crippen LogP) is 2.52. The molecule has 0 heterocycles. The van der Waals surface area contributed by atoms with E-state index in [0.29, 0.717) is 5.92 Å². The highest BCUT2D eigenvalue weighted by molar-refractivity contribution is 5.66. The molecule has 2 nitrogen and oxygen atoms in total. The van der Waals surface area contributed by atoms with E-state index in [1.807, 2.05) is 0 Å². The Labute approximate surface area is 74.3 Å². The molecule has 0 aromatic carbocycles. The average Bonchev–Trinajstić information content (AvgIpc) is 2.37. The van der Waals surface area contributed by atoms with Crippen LogP contribution in [0.15, 0.2) is 0 Å². The molecule has 0 N–H and O–H groups in total. The van der Waals surface area contributed by atoms with Crippen LogP contribution in [0.3, 0.4) is 0 Å². The molecule has 70 valence electrons. The Balaban J connectivity index is 2.35. The van der Waals surface area contributed by atoms with Crippen LogP contribution >= 0.6 is 0 Å². The summed E-state index contributed by atoms with van der Waals surface area (Å²) in [5, 5.41) is 0. The number of carbonyl (C=O) groups excluding carboxylic acids is 1. The second-order valence-corrected chi connectivity index (χ2v) is 3.63. The summed E-state index contributed by atoms with van der Waals surface area (Å²) in [6, 6.07) is 0. The Morgan fingerprint density at radius 3 is 2.83 bits per heavy atom. The molecule has 0 unspecified atom stereocenters. The first-order valence-corrected chi connectivity index (χ1v) is 4.91. The zero-order valence-electron chi connectivity index (χ0n) is 8.01. The lowest BCUT2D eigenvalue weighted by Crippen LogP contribution is -2.20. The summed E-state index contributed by atoms with van der Waals surface area (Å²) in [7, 11) is 0.